The first-order chi connectivity index (χ1) is 7.31. The van der Waals surface area contributed by atoms with Crippen molar-refractivity contribution in [1.29, 1.82) is 0 Å². The van der Waals surface area contributed by atoms with Gasteiger partial charge in [-0.05, 0) is 19.8 Å². The third-order valence-electron chi connectivity index (χ3n) is 2.37. The van der Waals surface area contributed by atoms with Gasteiger partial charge in [0.25, 0.3) is 0 Å². The molecule has 1 unspecified atom stereocenters. The molecular formula is C12H29NO2. The van der Waals surface area contributed by atoms with E-state index in [2.05, 4.69) is 26.1 Å². The van der Waals surface area contributed by atoms with Gasteiger partial charge >= 0.3 is 0 Å². The predicted octanol–water partition coefficient (Wildman–Crippen LogP) is 2.45. The molecule has 1 atom stereocenters. The van der Waals surface area contributed by atoms with Crippen LogP contribution in [0, 0.1) is 0 Å². The Balaban J connectivity index is 0. The monoisotopic (exact) mass is 219 g/mol. The molecule has 0 radical (unpaired) electrons. The Hall–Kier alpha value is -0.120. The minimum Gasteiger partial charge on any atom is -0.379 e. The lowest BCUT2D eigenvalue weighted by atomic mass is 10.3. The Morgan fingerprint density at radius 2 is 1.73 bits per heavy atom. The first-order valence-electron chi connectivity index (χ1n) is 6.20. The fraction of sp³-hybridized carbons (Fsp3) is 1.00. The lowest BCUT2D eigenvalue weighted by Gasteiger charge is -2.11. The topological polar surface area (TPSA) is 30.5 Å². The van der Waals surface area contributed by atoms with E-state index in [-0.39, 0.29) is 1.43 Å². The molecule has 0 aromatic heterocycles. The molecule has 0 saturated carbocycles. The summed E-state index contributed by atoms with van der Waals surface area (Å²) < 4.78 is 10.8. The molecule has 3 heteroatoms. The minimum atomic E-state index is 0. The molecule has 0 aliphatic carbocycles. The average Bonchev–Trinajstić information content (AvgIpc) is 2.26. The molecule has 3 nitrogen and oxygen atoms in total. The molecule has 0 aliphatic rings. The maximum atomic E-state index is 5.42. The zero-order chi connectivity index (χ0) is 11.4. The summed E-state index contributed by atoms with van der Waals surface area (Å²) in [6.45, 7) is 10.6. The van der Waals surface area contributed by atoms with Gasteiger partial charge in [0.15, 0.2) is 0 Å². The molecule has 0 saturated heterocycles. The van der Waals surface area contributed by atoms with E-state index in [0.717, 1.165) is 32.8 Å². The standard InChI is InChI=1S/C12H27NO2.H2/c1-4-6-8-14-10-11-15-9-7-13-12(3)5-2;/h12-13H,4-11H2,1-3H3;1H. The van der Waals surface area contributed by atoms with E-state index in [0.29, 0.717) is 12.6 Å². The fourth-order valence-electron chi connectivity index (χ4n) is 1.09. The number of hydrogen-bond donors (Lipinski definition) is 1. The summed E-state index contributed by atoms with van der Waals surface area (Å²) in [7, 11) is 0. The second kappa shape index (κ2) is 12.0. The maximum absolute atomic E-state index is 5.42. The summed E-state index contributed by atoms with van der Waals surface area (Å²) in [6, 6.07) is 0.592. The lowest BCUT2D eigenvalue weighted by molar-refractivity contribution is 0.0473. The van der Waals surface area contributed by atoms with Crippen LogP contribution in [0.5, 0.6) is 0 Å². The van der Waals surface area contributed by atoms with Crippen molar-refractivity contribution in [3.8, 4) is 0 Å². The Morgan fingerprint density at radius 3 is 2.33 bits per heavy atom. The van der Waals surface area contributed by atoms with E-state index in [1.165, 1.54) is 12.8 Å². The van der Waals surface area contributed by atoms with Crippen LogP contribution in [0.3, 0.4) is 0 Å². The highest BCUT2D eigenvalue weighted by molar-refractivity contribution is 4.55. The van der Waals surface area contributed by atoms with Gasteiger partial charge in [-0.25, -0.2) is 0 Å². The molecule has 0 aromatic rings. The Kier molecular flexibility index (Phi) is 11.9. The number of ether oxygens (including phenoxy) is 2. The molecule has 0 spiro atoms. The van der Waals surface area contributed by atoms with Crippen LogP contribution < -0.4 is 5.32 Å². The largest absolute Gasteiger partial charge is 0.379 e. The second-order valence-corrected chi connectivity index (χ2v) is 3.84. The van der Waals surface area contributed by atoms with Crippen LogP contribution in [0.2, 0.25) is 0 Å². The van der Waals surface area contributed by atoms with Crippen LogP contribution in [-0.4, -0.2) is 39.0 Å². The number of nitrogens with one attached hydrogen (secondary N) is 1. The quantitative estimate of drug-likeness (QED) is 0.541. The van der Waals surface area contributed by atoms with Crippen LogP contribution in [0.25, 0.3) is 0 Å². The second-order valence-electron chi connectivity index (χ2n) is 3.84. The van der Waals surface area contributed by atoms with Crippen molar-refractivity contribution in [2.24, 2.45) is 0 Å². The normalized spacial score (nSPS) is 13.0. The highest BCUT2D eigenvalue weighted by Gasteiger charge is 1.95. The van der Waals surface area contributed by atoms with Crippen molar-refractivity contribution < 1.29 is 10.9 Å². The predicted molar refractivity (Wildman–Crippen MR) is 66.4 cm³/mol. The first-order valence-corrected chi connectivity index (χ1v) is 6.20. The fourth-order valence-corrected chi connectivity index (χ4v) is 1.09. The highest BCUT2D eigenvalue weighted by Crippen LogP contribution is 1.88. The first kappa shape index (κ1) is 14.9. The van der Waals surface area contributed by atoms with Crippen LogP contribution >= 0.6 is 0 Å². The van der Waals surface area contributed by atoms with E-state index in [4.69, 9.17) is 9.47 Å². The zero-order valence-electron chi connectivity index (χ0n) is 10.6. The molecule has 0 rings (SSSR count). The lowest BCUT2D eigenvalue weighted by Crippen LogP contribution is -2.29. The van der Waals surface area contributed by atoms with Crippen LogP contribution in [0.1, 0.15) is 41.5 Å². The molecule has 0 fully saturated rings. The summed E-state index contributed by atoms with van der Waals surface area (Å²) in [6.07, 6.45) is 3.51. The van der Waals surface area contributed by atoms with Crippen molar-refractivity contribution in [2.45, 2.75) is 46.1 Å². The summed E-state index contributed by atoms with van der Waals surface area (Å²) in [5.41, 5.74) is 0. The zero-order valence-corrected chi connectivity index (χ0v) is 10.6. The number of rotatable bonds is 11. The van der Waals surface area contributed by atoms with Gasteiger partial charge in [-0.1, -0.05) is 20.3 Å². The van der Waals surface area contributed by atoms with E-state index in [1.54, 1.807) is 0 Å². The minimum absolute atomic E-state index is 0. The van der Waals surface area contributed by atoms with E-state index in [1.807, 2.05) is 0 Å². The molecular weight excluding hydrogens is 190 g/mol. The molecule has 0 aromatic carbocycles. The van der Waals surface area contributed by atoms with Crippen molar-refractivity contribution in [1.82, 2.24) is 5.32 Å². The molecule has 1 N–H and O–H groups in total. The molecule has 15 heavy (non-hydrogen) atoms. The number of unbranched alkanes of at least 4 members (excludes halogenated alkanes) is 1. The van der Waals surface area contributed by atoms with Gasteiger partial charge in [-0.3, -0.25) is 0 Å². The summed E-state index contributed by atoms with van der Waals surface area (Å²) in [5.74, 6) is 0. The van der Waals surface area contributed by atoms with Crippen molar-refractivity contribution in [3.63, 3.8) is 0 Å². The maximum Gasteiger partial charge on any atom is 0.0701 e. The molecule has 0 heterocycles. The van der Waals surface area contributed by atoms with Gasteiger partial charge in [-0.15, -0.1) is 0 Å². The summed E-state index contributed by atoms with van der Waals surface area (Å²) in [4.78, 5) is 0. The summed E-state index contributed by atoms with van der Waals surface area (Å²) >= 11 is 0. The van der Waals surface area contributed by atoms with Crippen LogP contribution in [0.15, 0.2) is 0 Å². The molecule has 0 amide bonds. The molecule has 94 valence electrons. The van der Waals surface area contributed by atoms with Gasteiger partial charge in [0.2, 0.25) is 0 Å². The summed E-state index contributed by atoms with van der Waals surface area (Å²) in [5, 5.41) is 3.38. The molecule has 0 bridgehead atoms. The van der Waals surface area contributed by atoms with Crippen molar-refractivity contribution in [2.75, 3.05) is 33.0 Å². The van der Waals surface area contributed by atoms with Gasteiger partial charge in [-0.2, -0.15) is 0 Å². The Morgan fingerprint density at radius 1 is 1.07 bits per heavy atom. The van der Waals surface area contributed by atoms with Gasteiger partial charge < -0.3 is 14.8 Å². The smallest absolute Gasteiger partial charge is 0.0701 e. The van der Waals surface area contributed by atoms with E-state index < -0.39 is 0 Å². The van der Waals surface area contributed by atoms with Crippen molar-refractivity contribution >= 4 is 0 Å². The average molecular weight is 219 g/mol. The highest BCUT2D eigenvalue weighted by atomic mass is 16.5. The number of hydrogen-bond acceptors (Lipinski definition) is 3. The van der Waals surface area contributed by atoms with E-state index >= 15 is 0 Å². The third-order valence-corrected chi connectivity index (χ3v) is 2.37. The Labute approximate surface area is 96.0 Å². The Bertz CT molecular complexity index is 126. The van der Waals surface area contributed by atoms with Crippen LogP contribution in [-0.2, 0) is 9.47 Å². The van der Waals surface area contributed by atoms with Crippen LogP contribution in [0.4, 0.5) is 0 Å². The van der Waals surface area contributed by atoms with E-state index in [9.17, 15) is 0 Å². The third kappa shape index (κ3) is 11.8. The SMILES string of the molecule is CCCCOCCOCCNC(C)CC.[HH]. The molecule has 0 aliphatic heterocycles. The van der Waals surface area contributed by atoms with Gasteiger partial charge in [0.05, 0.1) is 19.8 Å². The van der Waals surface area contributed by atoms with Crippen molar-refractivity contribution in [3.05, 3.63) is 0 Å². The van der Waals surface area contributed by atoms with Gasteiger partial charge in [0.1, 0.15) is 0 Å². The van der Waals surface area contributed by atoms with Gasteiger partial charge in [0, 0.05) is 20.6 Å².